The Bertz CT molecular complexity index is 611. The molecule has 0 aliphatic carbocycles. The van der Waals surface area contributed by atoms with Crippen LogP contribution in [0.25, 0.3) is 0 Å². The monoisotopic (exact) mass is 298 g/mol. The van der Waals surface area contributed by atoms with Crippen molar-refractivity contribution in [2.45, 2.75) is 19.0 Å². The number of rotatable bonds is 3. The molecule has 5 heteroatoms. The molecule has 2 aromatic rings. The van der Waals surface area contributed by atoms with Gasteiger partial charge < -0.3 is 14.4 Å². The second-order valence-electron chi connectivity index (χ2n) is 5.91. The van der Waals surface area contributed by atoms with E-state index in [0.717, 1.165) is 19.6 Å². The molecular formula is C17H22N4O. The summed E-state index contributed by atoms with van der Waals surface area (Å²) >= 11 is 0. The SMILES string of the molecule is C[C@H](C(=O)N1CCN(C)C[C@H]1c1ccccc1)n1ccnc1. The van der Waals surface area contributed by atoms with Gasteiger partial charge >= 0.3 is 0 Å². The molecule has 116 valence electrons. The molecule has 0 saturated carbocycles. The Morgan fingerprint density at radius 2 is 2.05 bits per heavy atom. The van der Waals surface area contributed by atoms with Gasteiger partial charge in [-0.05, 0) is 19.5 Å². The lowest BCUT2D eigenvalue weighted by molar-refractivity contribution is -0.139. The molecule has 2 heterocycles. The number of hydrogen-bond donors (Lipinski definition) is 0. The number of likely N-dealkylation sites (N-methyl/N-ethyl adjacent to an activating group) is 1. The molecule has 1 aliphatic rings. The van der Waals surface area contributed by atoms with Crippen LogP contribution in [0.2, 0.25) is 0 Å². The number of aromatic nitrogens is 2. The van der Waals surface area contributed by atoms with E-state index >= 15 is 0 Å². The summed E-state index contributed by atoms with van der Waals surface area (Å²) in [4.78, 5) is 21.3. The lowest BCUT2D eigenvalue weighted by Gasteiger charge is -2.41. The summed E-state index contributed by atoms with van der Waals surface area (Å²) in [6.07, 6.45) is 5.26. The van der Waals surface area contributed by atoms with Gasteiger partial charge in [0, 0.05) is 32.0 Å². The molecule has 1 fully saturated rings. The van der Waals surface area contributed by atoms with E-state index < -0.39 is 0 Å². The number of nitrogens with zero attached hydrogens (tertiary/aromatic N) is 4. The molecular weight excluding hydrogens is 276 g/mol. The van der Waals surface area contributed by atoms with Crippen molar-refractivity contribution in [3.05, 3.63) is 54.6 Å². The maximum atomic E-state index is 12.9. The number of amides is 1. The van der Waals surface area contributed by atoms with E-state index in [1.54, 1.807) is 12.5 Å². The number of benzene rings is 1. The molecule has 0 N–H and O–H groups in total. The smallest absolute Gasteiger partial charge is 0.245 e. The van der Waals surface area contributed by atoms with Crippen molar-refractivity contribution in [1.82, 2.24) is 19.4 Å². The van der Waals surface area contributed by atoms with Crippen LogP contribution in [0.15, 0.2) is 49.1 Å². The maximum absolute atomic E-state index is 12.9. The van der Waals surface area contributed by atoms with Crippen LogP contribution in [0.3, 0.4) is 0 Å². The molecule has 0 spiro atoms. The Kier molecular flexibility index (Phi) is 4.24. The van der Waals surface area contributed by atoms with Crippen LogP contribution in [0, 0.1) is 0 Å². The van der Waals surface area contributed by atoms with E-state index in [2.05, 4.69) is 29.1 Å². The third-order valence-corrected chi connectivity index (χ3v) is 4.38. The highest BCUT2D eigenvalue weighted by atomic mass is 16.2. The van der Waals surface area contributed by atoms with Crippen LogP contribution < -0.4 is 0 Å². The number of carbonyl (C=O) groups excluding carboxylic acids is 1. The molecule has 22 heavy (non-hydrogen) atoms. The third-order valence-electron chi connectivity index (χ3n) is 4.38. The molecule has 0 bridgehead atoms. The second-order valence-corrected chi connectivity index (χ2v) is 5.91. The number of carbonyl (C=O) groups is 1. The van der Waals surface area contributed by atoms with Crippen molar-refractivity contribution in [2.75, 3.05) is 26.7 Å². The van der Waals surface area contributed by atoms with Crippen molar-refractivity contribution in [3.63, 3.8) is 0 Å². The van der Waals surface area contributed by atoms with E-state index in [4.69, 9.17) is 0 Å². The first-order chi connectivity index (χ1) is 10.7. The first-order valence-corrected chi connectivity index (χ1v) is 7.68. The van der Waals surface area contributed by atoms with E-state index in [1.165, 1.54) is 5.56 Å². The van der Waals surface area contributed by atoms with Crippen LogP contribution in [-0.4, -0.2) is 51.9 Å². The molecule has 1 amide bonds. The van der Waals surface area contributed by atoms with Crippen LogP contribution >= 0.6 is 0 Å². The molecule has 3 rings (SSSR count). The van der Waals surface area contributed by atoms with Crippen LogP contribution in [0.4, 0.5) is 0 Å². The summed E-state index contributed by atoms with van der Waals surface area (Å²) in [5.41, 5.74) is 1.19. The lowest BCUT2D eigenvalue weighted by atomic mass is 10.0. The van der Waals surface area contributed by atoms with Gasteiger partial charge in [-0.1, -0.05) is 30.3 Å². The predicted molar refractivity (Wildman–Crippen MR) is 85.3 cm³/mol. The summed E-state index contributed by atoms with van der Waals surface area (Å²) in [6.45, 7) is 4.47. The van der Waals surface area contributed by atoms with Gasteiger partial charge in [0.25, 0.3) is 0 Å². The average molecular weight is 298 g/mol. The third kappa shape index (κ3) is 2.90. The minimum absolute atomic E-state index is 0.110. The van der Waals surface area contributed by atoms with E-state index in [9.17, 15) is 4.79 Å². The van der Waals surface area contributed by atoms with Gasteiger partial charge in [0.2, 0.25) is 5.91 Å². The summed E-state index contributed by atoms with van der Waals surface area (Å²) in [7, 11) is 2.11. The standard InChI is InChI=1S/C17H22N4O/c1-14(20-9-8-18-13-20)17(22)21-11-10-19(2)12-16(21)15-6-4-3-5-7-15/h3-9,13-14,16H,10-12H2,1-2H3/t14-,16+/m1/s1. The van der Waals surface area contributed by atoms with Crippen molar-refractivity contribution in [1.29, 1.82) is 0 Å². The van der Waals surface area contributed by atoms with Crippen LogP contribution in [0.5, 0.6) is 0 Å². The molecule has 1 aromatic carbocycles. The van der Waals surface area contributed by atoms with Crippen LogP contribution in [0.1, 0.15) is 24.6 Å². The first-order valence-electron chi connectivity index (χ1n) is 7.68. The Hall–Kier alpha value is -2.14. The van der Waals surface area contributed by atoms with E-state index in [1.807, 2.05) is 40.8 Å². The first kappa shape index (κ1) is 14.8. The Labute approximate surface area is 131 Å². The molecule has 1 aromatic heterocycles. The van der Waals surface area contributed by atoms with Gasteiger partial charge in [-0.25, -0.2) is 4.98 Å². The fourth-order valence-electron chi connectivity index (χ4n) is 3.01. The zero-order chi connectivity index (χ0) is 15.5. The fraction of sp³-hybridized carbons (Fsp3) is 0.412. The zero-order valence-electron chi connectivity index (χ0n) is 13.1. The summed E-state index contributed by atoms with van der Waals surface area (Å²) < 4.78 is 1.86. The van der Waals surface area contributed by atoms with Gasteiger partial charge in [-0.2, -0.15) is 0 Å². The van der Waals surface area contributed by atoms with Crippen molar-refractivity contribution >= 4 is 5.91 Å². The molecule has 5 nitrogen and oxygen atoms in total. The summed E-state index contributed by atoms with van der Waals surface area (Å²) in [6, 6.07) is 10.2. The molecule has 1 aliphatic heterocycles. The van der Waals surface area contributed by atoms with Gasteiger partial charge in [0.1, 0.15) is 6.04 Å². The molecule has 0 radical (unpaired) electrons. The van der Waals surface area contributed by atoms with E-state index in [-0.39, 0.29) is 18.0 Å². The normalized spacial score (nSPS) is 20.8. The largest absolute Gasteiger partial charge is 0.331 e. The number of piperazine rings is 1. The molecule has 1 saturated heterocycles. The van der Waals surface area contributed by atoms with Crippen molar-refractivity contribution < 1.29 is 4.79 Å². The van der Waals surface area contributed by atoms with Crippen molar-refractivity contribution in [3.8, 4) is 0 Å². The van der Waals surface area contributed by atoms with Gasteiger partial charge in [0.15, 0.2) is 0 Å². The Morgan fingerprint density at radius 3 is 2.73 bits per heavy atom. The minimum Gasteiger partial charge on any atom is -0.331 e. The van der Waals surface area contributed by atoms with Gasteiger partial charge in [0.05, 0.1) is 12.4 Å². The summed E-state index contributed by atoms with van der Waals surface area (Å²) in [5, 5.41) is 0. The average Bonchev–Trinajstić information content (AvgIpc) is 3.09. The van der Waals surface area contributed by atoms with Crippen molar-refractivity contribution in [2.24, 2.45) is 0 Å². The highest BCUT2D eigenvalue weighted by Crippen LogP contribution is 2.27. The Morgan fingerprint density at radius 1 is 1.27 bits per heavy atom. The zero-order valence-corrected chi connectivity index (χ0v) is 13.1. The van der Waals surface area contributed by atoms with E-state index in [0.29, 0.717) is 0 Å². The minimum atomic E-state index is -0.225. The predicted octanol–water partition coefficient (Wildman–Crippen LogP) is 1.96. The number of hydrogen-bond acceptors (Lipinski definition) is 3. The topological polar surface area (TPSA) is 41.4 Å². The summed E-state index contributed by atoms with van der Waals surface area (Å²) in [5.74, 6) is 0.153. The number of imidazole rings is 1. The Balaban J connectivity index is 1.85. The molecule has 0 unspecified atom stereocenters. The quantitative estimate of drug-likeness (QED) is 0.870. The lowest BCUT2D eigenvalue weighted by Crippen LogP contribution is -2.50. The van der Waals surface area contributed by atoms with Crippen LogP contribution in [-0.2, 0) is 4.79 Å². The highest BCUT2D eigenvalue weighted by molar-refractivity contribution is 5.80. The maximum Gasteiger partial charge on any atom is 0.245 e. The molecule has 2 atom stereocenters. The van der Waals surface area contributed by atoms with Gasteiger partial charge in [-0.15, -0.1) is 0 Å². The fourth-order valence-corrected chi connectivity index (χ4v) is 3.01. The van der Waals surface area contributed by atoms with Gasteiger partial charge in [-0.3, -0.25) is 4.79 Å². The highest BCUT2D eigenvalue weighted by Gasteiger charge is 2.32. The second kappa shape index (κ2) is 6.32.